The minimum absolute atomic E-state index is 0.0298. The van der Waals surface area contributed by atoms with Gasteiger partial charge in [0.05, 0.1) is 12.1 Å². The van der Waals surface area contributed by atoms with Gasteiger partial charge in [0.1, 0.15) is 0 Å². The minimum Gasteiger partial charge on any atom is -0.450 e. The number of carbonyl (C=O) groups is 2. The van der Waals surface area contributed by atoms with Crippen LogP contribution in [0.4, 0.5) is 4.79 Å². The fourth-order valence-electron chi connectivity index (χ4n) is 2.29. The van der Waals surface area contributed by atoms with E-state index in [9.17, 15) is 9.59 Å². The zero-order valence-electron chi connectivity index (χ0n) is 12.1. The summed E-state index contributed by atoms with van der Waals surface area (Å²) < 4.78 is 4.94. The van der Waals surface area contributed by atoms with E-state index in [1.807, 2.05) is 6.92 Å². The summed E-state index contributed by atoms with van der Waals surface area (Å²) >= 11 is 0. The van der Waals surface area contributed by atoms with E-state index >= 15 is 0 Å². The van der Waals surface area contributed by atoms with Crippen LogP contribution in [0.2, 0.25) is 0 Å². The molecule has 19 heavy (non-hydrogen) atoms. The monoisotopic (exact) mass is 271 g/mol. The molecule has 6 nitrogen and oxygen atoms in total. The maximum absolute atomic E-state index is 12.3. The summed E-state index contributed by atoms with van der Waals surface area (Å²) in [6, 6.07) is 0. The van der Waals surface area contributed by atoms with Crippen molar-refractivity contribution in [2.24, 2.45) is 5.73 Å². The molecule has 1 atom stereocenters. The molecule has 0 aromatic heterocycles. The first-order valence-electron chi connectivity index (χ1n) is 6.92. The number of ether oxygens (including phenoxy) is 1. The Hall–Kier alpha value is -1.30. The van der Waals surface area contributed by atoms with Gasteiger partial charge in [-0.1, -0.05) is 13.3 Å². The van der Waals surface area contributed by atoms with Gasteiger partial charge < -0.3 is 20.3 Å². The van der Waals surface area contributed by atoms with Gasteiger partial charge in [-0.2, -0.15) is 0 Å². The number of hydrogen-bond acceptors (Lipinski definition) is 4. The SMILES string of the molecule is CCCC(C)(N)C(=O)N1CCN(C(=O)OCC)CC1. The first kappa shape index (κ1) is 15.8. The van der Waals surface area contributed by atoms with Crippen LogP contribution in [0.25, 0.3) is 0 Å². The molecule has 1 unspecified atom stereocenters. The molecule has 2 amide bonds. The predicted octanol–water partition coefficient (Wildman–Crippen LogP) is 0.805. The number of amides is 2. The normalized spacial score (nSPS) is 18.9. The van der Waals surface area contributed by atoms with Crippen LogP contribution in [0.3, 0.4) is 0 Å². The summed E-state index contributed by atoms with van der Waals surface area (Å²) in [6.45, 7) is 7.99. The highest BCUT2D eigenvalue weighted by molar-refractivity contribution is 5.86. The molecule has 0 spiro atoms. The van der Waals surface area contributed by atoms with Crippen molar-refractivity contribution in [2.45, 2.75) is 39.2 Å². The van der Waals surface area contributed by atoms with E-state index in [-0.39, 0.29) is 12.0 Å². The van der Waals surface area contributed by atoms with Gasteiger partial charge in [0, 0.05) is 26.2 Å². The molecule has 0 bridgehead atoms. The van der Waals surface area contributed by atoms with Crippen LogP contribution in [-0.4, -0.2) is 60.1 Å². The van der Waals surface area contributed by atoms with Crippen molar-refractivity contribution in [2.75, 3.05) is 32.8 Å². The van der Waals surface area contributed by atoms with E-state index in [2.05, 4.69) is 0 Å². The third-order valence-corrected chi connectivity index (χ3v) is 3.35. The Bertz CT molecular complexity index is 323. The van der Waals surface area contributed by atoms with E-state index in [0.29, 0.717) is 39.2 Å². The molecule has 0 aliphatic carbocycles. The Kier molecular flexibility index (Phi) is 5.60. The van der Waals surface area contributed by atoms with Crippen LogP contribution in [0.15, 0.2) is 0 Å². The maximum atomic E-state index is 12.3. The van der Waals surface area contributed by atoms with E-state index in [4.69, 9.17) is 10.5 Å². The summed E-state index contributed by atoms with van der Waals surface area (Å²) in [5.74, 6) is -0.0298. The lowest BCUT2D eigenvalue weighted by Gasteiger charge is -2.38. The molecule has 6 heteroatoms. The van der Waals surface area contributed by atoms with Crippen LogP contribution < -0.4 is 5.73 Å². The minimum atomic E-state index is -0.805. The summed E-state index contributed by atoms with van der Waals surface area (Å²) in [6.07, 6.45) is 1.24. The second-order valence-corrected chi connectivity index (χ2v) is 5.15. The number of nitrogens with zero attached hydrogens (tertiary/aromatic N) is 2. The van der Waals surface area contributed by atoms with Crippen LogP contribution in [0.1, 0.15) is 33.6 Å². The fraction of sp³-hybridized carbons (Fsp3) is 0.846. The van der Waals surface area contributed by atoms with E-state index in [1.165, 1.54) is 0 Å². The molecular formula is C13H25N3O3. The first-order chi connectivity index (χ1) is 8.92. The van der Waals surface area contributed by atoms with E-state index in [0.717, 1.165) is 6.42 Å². The van der Waals surface area contributed by atoms with Gasteiger partial charge >= 0.3 is 6.09 Å². The third kappa shape index (κ3) is 4.09. The Morgan fingerprint density at radius 2 is 1.68 bits per heavy atom. The molecule has 1 fully saturated rings. The van der Waals surface area contributed by atoms with Crippen LogP contribution in [0.5, 0.6) is 0 Å². The molecular weight excluding hydrogens is 246 g/mol. The highest BCUT2D eigenvalue weighted by Crippen LogP contribution is 2.15. The topological polar surface area (TPSA) is 75.9 Å². The number of hydrogen-bond donors (Lipinski definition) is 1. The molecule has 1 aliphatic heterocycles. The summed E-state index contributed by atoms with van der Waals surface area (Å²) in [5, 5.41) is 0. The van der Waals surface area contributed by atoms with Crippen molar-refractivity contribution in [1.29, 1.82) is 0 Å². The van der Waals surface area contributed by atoms with Crippen molar-refractivity contribution in [3.05, 3.63) is 0 Å². The Balaban J connectivity index is 2.49. The lowest BCUT2D eigenvalue weighted by atomic mass is 9.95. The molecule has 1 rings (SSSR count). The van der Waals surface area contributed by atoms with Crippen LogP contribution in [0, 0.1) is 0 Å². The summed E-state index contributed by atoms with van der Waals surface area (Å²) in [5.41, 5.74) is 5.24. The molecule has 2 N–H and O–H groups in total. The number of rotatable bonds is 4. The lowest BCUT2D eigenvalue weighted by molar-refractivity contribution is -0.138. The van der Waals surface area contributed by atoms with Gasteiger partial charge in [-0.05, 0) is 20.3 Å². The Morgan fingerprint density at radius 1 is 1.16 bits per heavy atom. The predicted molar refractivity (Wildman–Crippen MR) is 72.7 cm³/mol. The van der Waals surface area contributed by atoms with Crippen molar-refractivity contribution < 1.29 is 14.3 Å². The maximum Gasteiger partial charge on any atom is 0.409 e. The first-order valence-corrected chi connectivity index (χ1v) is 6.92. The van der Waals surface area contributed by atoms with Gasteiger partial charge in [-0.15, -0.1) is 0 Å². The molecule has 1 heterocycles. The van der Waals surface area contributed by atoms with Gasteiger partial charge in [-0.3, -0.25) is 4.79 Å². The average molecular weight is 271 g/mol. The number of piperazine rings is 1. The molecule has 1 aliphatic rings. The zero-order chi connectivity index (χ0) is 14.5. The standard InChI is InChI=1S/C13H25N3O3/c1-4-6-13(3,14)11(17)15-7-9-16(10-8-15)12(18)19-5-2/h4-10,14H2,1-3H3. The molecule has 0 saturated carbocycles. The van der Waals surface area contributed by atoms with E-state index < -0.39 is 5.54 Å². The Labute approximate surface area is 114 Å². The molecule has 0 aromatic rings. The second kappa shape index (κ2) is 6.75. The zero-order valence-corrected chi connectivity index (χ0v) is 12.1. The fourth-order valence-corrected chi connectivity index (χ4v) is 2.29. The molecule has 110 valence electrons. The quantitative estimate of drug-likeness (QED) is 0.820. The molecule has 1 saturated heterocycles. The van der Waals surface area contributed by atoms with Crippen molar-refractivity contribution >= 4 is 12.0 Å². The van der Waals surface area contributed by atoms with Gasteiger partial charge in [0.25, 0.3) is 0 Å². The van der Waals surface area contributed by atoms with Crippen molar-refractivity contribution in [1.82, 2.24) is 9.80 Å². The highest BCUT2D eigenvalue weighted by atomic mass is 16.6. The summed E-state index contributed by atoms with van der Waals surface area (Å²) in [7, 11) is 0. The van der Waals surface area contributed by atoms with Gasteiger partial charge in [-0.25, -0.2) is 4.79 Å². The summed E-state index contributed by atoms with van der Waals surface area (Å²) in [4.78, 5) is 27.2. The number of carbonyl (C=O) groups excluding carboxylic acids is 2. The van der Waals surface area contributed by atoms with E-state index in [1.54, 1.807) is 23.6 Å². The molecule has 0 aromatic carbocycles. The second-order valence-electron chi connectivity index (χ2n) is 5.15. The van der Waals surface area contributed by atoms with Gasteiger partial charge in [0.15, 0.2) is 0 Å². The third-order valence-electron chi connectivity index (χ3n) is 3.35. The largest absolute Gasteiger partial charge is 0.450 e. The van der Waals surface area contributed by atoms with Crippen LogP contribution in [-0.2, 0) is 9.53 Å². The number of nitrogens with two attached hydrogens (primary N) is 1. The average Bonchev–Trinajstić information content (AvgIpc) is 2.38. The van der Waals surface area contributed by atoms with Crippen molar-refractivity contribution in [3.63, 3.8) is 0 Å². The molecule has 0 radical (unpaired) electrons. The highest BCUT2D eigenvalue weighted by Gasteiger charge is 2.34. The smallest absolute Gasteiger partial charge is 0.409 e. The lowest BCUT2D eigenvalue weighted by Crippen LogP contribution is -2.58. The van der Waals surface area contributed by atoms with Crippen LogP contribution >= 0.6 is 0 Å². The van der Waals surface area contributed by atoms with Gasteiger partial charge in [0.2, 0.25) is 5.91 Å². The van der Waals surface area contributed by atoms with Crippen molar-refractivity contribution in [3.8, 4) is 0 Å². The Morgan fingerprint density at radius 3 is 2.16 bits per heavy atom.